The topological polar surface area (TPSA) is 29.1 Å². The zero-order valence-corrected chi connectivity index (χ0v) is 9.67. The van der Waals surface area contributed by atoms with Crippen molar-refractivity contribution in [1.29, 1.82) is 0 Å². The molecule has 0 amide bonds. The van der Waals surface area contributed by atoms with Crippen molar-refractivity contribution in [3.05, 3.63) is 0 Å². The van der Waals surface area contributed by atoms with E-state index in [2.05, 4.69) is 24.2 Å². The molecule has 0 radical (unpaired) electrons. The fourth-order valence-electron chi connectivity index (χ4n) is 1.95. The lowest BCUT2D eigenvalue weighted by Gasteiger charge is -2.29. The first-order valence-electron chi connectivity index (χ1n) is 5.96. The van der Waals surface area contributed by atoms with E-state index < -0.39 is 0 Å². The van der Waals surface area contributed by atoms with E-state index in [-0.39, 0.29) is 0 Å². The molecule has 3 nitrogen and oxygen atoms in total. The molecular formula is C11H25N2O+. The molecule has 84 valence electrons. The quantitative estimate of drug-likeness (QED) is 0.616. The third kappa shape index (κ3) is 4.40. The molecule has 0 aromatic heterocycles. The van der Waals surface area contributed by atoms with Gasteiger partial charge in [-0.25, -0.2) is 0 Å². The van der Waals surface area contributed by atoms with Crippen molar-refractivity contribution >= 4 is 0 Å². The Morgan fingerprint density at radius 2 is 2.00 bits per heavy atom. The van der Waals surface area contributed by atoms with Gasteiger partial charge in [-0.3, -0.25) is 0 Å². The minimum Gasteiger partial charge on any atom is -0.380 e. The molecule has 0 aromatic carbocycles. The van der Waals surface area contributed by atoms with Crippen LogP contribution in [0.4, 0.5) is 0 Å². The molecule has 1 aliphatic rings. The maximum atomic E-state index is 5.49. The van der Waals surface area contributed by atoms with Crippen LogP contribution in [0, 0.1) is 0 Å². The number of likely N-dealkylation sites (tertiary alicyclic amines) is 1. The fraction of sp³-hybridized carbons (Fsp3) is 1.00. The molecule has 0 aliphatic carbocycles. The Morgan fingerprint density at radius 1 is 1.29 bits per heavy atom. The Morgan fingerprint density at radius 3 is 2.57 bits per heavy atom. The second-order valence-corrected chi connectivity index (χ2v) is 4.12. The number of nitrogens with two attached hydrogens (primary N) is 1. The van der Waals surface area contributed by atoms with Gasteiger partial charge in [-0.05, 0) is 6.42 Å². The summed E-state index contributed by atoms with van der Waals surface area (Å²) in [6, 6.07) is 0.864. The smallest absolute Gasteiger partial charge is 0.0881 e. The highest BCUT2D eigenvalue weighted by atomic mass is 16.5. The third-order valence-electron chi connectivity index (χ3n) is 3.00. The van der Waals surface area contributed by atoms with Gasteiger partial charge in [0.25, 0.3) is 0 Å². The normalized spacial score (nSPS) is 20.1. The Bertz CT molecular complexity index is 133. The van der Waals surface area contributed by atoms with E-state index in [9.17, 15) is 0 Å². The van der Waals surface area contributed by atoms with Gasteiger partial charge in [0, 0.05) is 39.1 Å². The van der Waals surface area contributed by atoms with Gasteiger partial charge in [0.2, 0.25) is 0 Å². The molecule has 0 spiro atoms. The highest BCUT2D eigenvalue weighted by Gasteiger charge is 2.19. The molecule has 0 aromatic rings. The van der Waals surface area contributed by atoms with Crippen LogP contribution < -0.4 is 5.32 Å². The molecule has 1 fully saturated rings. The van der Waals surface area contributed by atoms with Crippen LogP contribution in [0.15, 0.2) is 0 Å². The molecule has 1 saturated heterocycles. The number of piperidine rings is 1. The van der Waals surface area contributed by atoms with E-state index in [1.165, 1.54) is 25.9 Å². The van der Waals surface area contributed by atoms with Crippen molar-refractivity contribution in [2.24, 2.45) is 0 Å². The van der Waals surface area contributed by atoms with E-state index in [1.54, 1.807) is 0 Å². The monoisotopic (exact) mass is 201 g/mol. The van der Waals surface area contributed by atoms with Gasteiger partial charge in [0.1, 0.15) is 0 Å². The van der Waals surface area contributed by atoms with Crippen LogP contribution in [-0.4, -0.2) is 50.8 Å². The predicted octanol–water partition coefficient (Wildman–Crippen LogP) is 0.0706. The average Bonchev–Trinajstić information content (AvgIpc) is 2.25. The lowest BCUT2D eigenvalue weighted by atomic mass is 10.1. The van der Waals surface area contributed by atoms with Gasteiger partial charge in [-0.15, -0.1) is 0 Å². The summed E-state index contributed by atoms with van der Waals surface area (Å²) in [5.41, 5.74) is 0. The standard InChI is InChI=1S/C11H24N2O/c1-3-9-14-10-8-13-6-4-11(12-2)5-7-13/h11-12H,3-10H2,1-2H3/p+1. The maximum Gasteiger partial charge on any atom is 0.0881 e. The number of ether oxygens (including phenoxy) is 1. The van der Waals surface area contributed by atoms with Gasteiger partial charge in [-0.1, -0.05) is 6.92 Å². The van der Waals surface area contributed by atoms with Crippen LogP contribution in [0.5, 0.6) is 0 Å². The first kappa shape index (κ1) is 12.0. The Hall–Kier alpha value is -0.120. The van der Waals surface area contributed by atoms with Gasteiger partial charge in [-0.2, -0.15) is 0 Å². The Balaban J connectivity index is 1.98. The zero-order valence-electron chi connectivity index (χ0n) is 9.67. The van der Waals surface area contributed by atoms with E-state index in [4.69, 9.17) is 4.74 Å². The van der Waals surface area contributed by atoms with Gasteiger partial charge < -0.3 is 15.0 Å². The van der Waals surface area contributed by atoms with Crippen LogP contribution in [0.1, 0.15) is 26.2 Å². The van der Waals surface area contributed by atoms with Crippen molar-refractivity contribution in [2.75, 3.05) is 39.9 Å². The average molecular weight is 201 g/mol. The lowest BCUT2D eigenvalue weighted by molar-refractivity contribution is -0.666. The first-order valence-corrected chi connectivity index (χ1v) is 5.96. The van der Waals surface area contributed by atoms with Crippen LogP contribution in [0.2, 0.25) is 0 Å². The van der Waals surface area contributed by atoms with Crippen LogP contribution in [0.25, 0.3) is 0 Å². The SMILES string of the molecule is CCCOCCN1CCC([NH2+]C)CC1. The number of hydrogen-bond acceptors (Lipinski definition) is 2. The highest BCUT2D eigenvalue weighted by Crippen LogP contribution is 2.06. The molecule has 14 heavy (non-hydrogen) atoms. The van der Waals surface area contributed by atoms with E-state index in [0.717, 1.165) is 32.2 Å². The summed E-state index contributed by atoms with van der Waals surface area (Å²) in [5, 5.41) is 2.35. The molecule has 1 aliphatic heterocycles. The minimum absolute atomic E-state index is 0.864. The number of rotatable bonds is 6. The molecule has 3 heteroatoms. The lowest BCUT2D eigenvalue weighted by Crippen LogP contribution is -2.87. The molecule has 0 atom stereocenters. The van der Waals surface area contributed by atoms with Gasteiger partial charge >= 0.3 is 0 Å². The Kier molecular flexibility index (Phi) is 6.15. The van der Waals surface area contributed by atoms with Crippen molar-refractivity contribution in [2.45, 2.75) is 32.2 Å². The van der Waals surface area contributed by atoms with Gasteiger partial charge in [0.05, 0.1) is 19.7 Å². The molecule has 2 N–H and O–H groups in total. The molecule has 0 bridgehead atoms. The van der Waals surface area contributed by atoms with Crippen molar-refractivity contribution < 1.29 is 10.1 Å². The highest BCUT2D eigenvalue weighted by molar-refractivity contribution is 4.70. The summed E-state index contributed by atoms with van der Waals surface area (Å²) < 4.78 is 5.49. The van der Waals surface area contributed by atoms with Crippen molar-refractivity contribution in [3.63, 3.8) is 0 Å². The van der Waals surface area contributed by atoms with Crippen LogP contribution in [-0.2, 0) is 4.74 Å². The molecule has 1 rings (SSSR count). The fourth-order valence-corrected chi connectivity index (χ4v) is 1.95. The number of quaternary nitrogens is 1. The summed E-state index contributed by atoms with van der Waals surface area (Å²) in [7, 11) is 2.19. The summed E-state index contributed by atoms with van der Waals surface area (Å²) >= 11 is 0. The van der Waals surface area contributed by atoms with Crippen molar-refractivity contribution in [1.82, 2.24) is 4.90 Å². The second-order valence-electron chi connectivity index (χ2n) is 4.12. The summed E-state index contributed by atoms with van der Waals surface area (Å²) in [6.45, 7) is 7.61. The van der Waals surface area contributed by atoms with E-state index >= 15 is 0 Å². The first-order chi connectivity index (χ1) is 6.86. The second kappa shape index (κ2) is 7.21. The van der Waals surface area contributed by atoms with Gasteiger partial charge in [0.15, 0.2) is 0 Å². The van der Waals surface area contributed by atoms with E-state index in [1.807, 2.05) is 0 Å². The number of hydrogen-bond donors (Lipinski definition) is 1. The van der Waals surface area contributed by atoms with Crippen LogP contribution in [0.3, 0.4) is 0 Å². The maximum absolute atomic E-state index is 5.49. The predicted molar refractivity (Wildman–Crippen MR) is 58.4 cm³/mol. The molecule has 0 unspecified atom stereocenters. The molecular weight excluding hydrogens is 176 g/mol. The summed E-state index contributed by atoms with van der Waals surface area (Å²) in [6.07, 6.45) is 3.81. The molecule has 1 heterocycles. The largest absolute Gasteiger partial charge is 0.380 e. The zero-order chi connectivity index (χ0) is 10.2. The van der Waals surface area contributed by atoms with Crippen LogP contribution >= 0.6 is 0 Å². The summed E-state index contributed by atoms with van der Waals surface area (Å²) in [5.74, 6) is 0. The summed E-state index contributed by atoms with van der Waals surface area (Å²) in [4.78, 5) is 2.52. The minimum atomic E-state index is 0.864. The molecule has 0 saturated carbocycles. The van der Waals surface area contributed by atoms with Crippen molar-refractivity contribution in [3.8, 4) is 0 Å². The Labute approximate surface area is 87.8 Å². The van der Waals surface area contributed by atoms with E-state index in [0.29, 0.717) is 0 Å². The number of nitrogens with zero attached hydrogens (tertiary/aromatic N) is 1. The third-order valence-corrected chi connectivity index (χ3v) is 3.00.